The molecule has 2 atom stereocenters. The van der Waals surface area contributed by atoms with E-state index < -0.39 is 0 Å². The number of nitrogens with one attached hydrogen (secondary N) is 1. The van der Waals surface area contributed by atoms with E-state index in [0.29, 0.717) is 19.1 Å². The minimum atomic E-state index is 0.135. The molecule has 0 aromatic rings. The zero-order chi connectivity index (χ0) is 14.3. The van der Waals surface area contributed by atoms with Gasteiger partial charge >= 0.3 is 0 Å². The lowest BCUT2D eigenvalue weighted by Gasteiger charge is -2.27. The van der Waals surface area contributed by atoms with E-state index in [1.807, 2.05) is 4.90 Å². The molecule has 5 heteroatoms. The van der Waals surface area contributed by atoms with Gasteiger partial charge in [0.05, 0.1) is 12.5 Å². The van der Waals surface area contributed by atoms with Gasteiger partial charge in [-0.2, -0.15) is 0 Å². The standard InChI is InChI=1S/C14H29N3O2/c1-12-10-15-11-13(12)14(18)17(8-9-19-4)7-5-6-16(2)3/h12-13,15H,5-11H2,1-4H3. The van der Waals surface area contributed by atoms with Crippen LogP contribution in [0.25, 0.3) is 0 Å². The first kappa shape index (κ1) is 16.4. The highest BCUT2D eigenvalue weighted by Crippen LogP contribution is 2.18. The SMILES string of the molecule is COCCN(CCCN(C)C)C(=O)C1CNCC1C. The molecule has 0 aromatic heterocycles. The number of hydrogen-bond donors (Lipinski definition) is 1. The average Bonchev–Trinajstić information content (AvgIpc) is 2.78. The maximum Gasteiger partial charge on any atom is 0.227 e. The number of hydrogen-bond acceptors (Lipinski definition) is 4. The van der Waals surface area contributed by atoms with Gasteiger partial charge in [-0.1, -0.05) is 6.92 Å². The Labute approximate surface area is 117 Å². The van der Waals surface area contributed by atoms with Gasteiger partial charge < -0.3 is 19.9 Å². The highest BCUT2D eigenvalue weighted by molar-refractivity contribution is 5.79. The summed E-state index contributed by atoms with van der Waals surface area (Å²) < 4.78 is 5.12. The highest BCUT2D eigenvalue weighted by atomic mass is 16.5. The molecule has 1 saturated heterocycles. The summed E-state index contributed by atoms with van der Waals surface area (Å²) >= 11 is 0. The largest absolute Gasteiger partial charge is 0.383 e. The van der Waals surface area contributed by atoms with Gasteiger partial charge in [-0.15, -0.1) is 0 Å². The number of rotatable bonds is 8. The fraction of sp³-hybridized carbons (Fsp3) is 0.929. The molecule has 0 spiro atoms. The van der Waals surface area contributed by atoms with Crippen molar-refractivity contribution in [3.8, 4) is 0 Å². The molecular formula is C14H29N3O2. The van der Waals surface area contributed by atoms with Crippen molar-refractivity contribution in [2.24, 2.45) is 11.8 Å². The predicted molar refractivity (Wildman–Crippen MR) is 77.2 cm³/mol. The predicted octanol–water partition coefficient (Wildman–Crippen LogP) is 0.269. The molecule has 5 nitrogen and oxygen atoms in total. The van der Waals surface area contributed by atoms with E-state index in [-0.39, 0.29) is 11.8 Å². The number of nitrogens with zero attached hydrogens (tertiary/aromatic N) is 2. The number of carbonyl (C=O) groups is 1. The van der Waals surface area contributed by atoms with Crippen molar-refractivity contribution in [2.45, 2.75) is 13.3 Å². The molecule has 1 N–H and O–H groups in total. The van der Waals surface area contributed by atoms with E-state index in [2.05, 4.69) is 31.2 Å². The van der Waals surface area contributed by atoms with E-state index in [0.717, 1.165) is 32.6 Å². The number of amides is 1. The van der Waals surface area contributed by atoms with Crippen molar-refractivity contribution in [1.29, 1.82) is 0 Å². The summed E-state index contributed by atoms with van der Waals surface area (Å²) in [7, 11) is 5.80. The molecule has 0 radical (unpaired) electrons. The average molecular weight is 271 g/mol. The van der Waals surface area contributed by atoms with Crippen molar-refractivity contribution in [1.82, 2.24) is 15.1 Å². The number of carbonyl (C=O) groups excluding carboxylic acids is 1. The molecule has 0 aliphatic carbocycles. The van der Waals surface area contributed by atoms with Crippen LogP contribution in [0.1, 0.15) is 13.3 Å². The van der Waals surface area contributed by atoms with Crippen molar-refractivity contribution in [3.63, 3.8) is 0 Å². The van der Waals surface area contributed by atoms with Crippen LogP contribution in [-0.2, 0) is 9.53 Å². The third kappa shape index (κ3) is 5.47. The molecule has 0 aromatic carbocycles. The van der Waals surface area contributed by atoms with Gasteiger partial charge in [-0.05, 0) is 39.5 Å². The first-order chi connectivity index (χ1) is 9.06. The molecule has 1 rings (SSSR count). The Morgan fingerprint density at radius 3 is 2.53 bits per heavy atom. The second-order valence-electron chi connectivity index (χ2n) is 5.72. The van der Waals surface area contributed by atoms with Crippen LogP contribution in [0.3, 0.4) is 0 Å². The lowest BCUT2D eigenvalue weighted by molar-refractivity contribution is -0.136. The third-order valence-corrected chi connectivity index (χ3v) is 3.75. The lowest BCUT2D eigenvalue weighted by atomic mass is 9.96. The second kappa shape index (κ2) is 8.51. The lowest BCUT2D eigenvalue weighted by Crippen LogP contribution is -2.41. The van der Waals surface area contributed by atoms with Crippen molar-refractivity contribution in [3.05, 3.63) is 0 Å². The Hall–Kier alpha value is -0.650. The fourth-order valence-corrected chi connectivity index (χ4v) is 2.49. The van der Waals surface area contributed by atoms with Gasteiger partial charge in [0.1, 0.15) is 0 Å². The molecule has 1 aliphatic heterocycles. The van der Waals surface area contributed by atoms with Crippen LogP contribution in [0.2, 0.25) is 0 Å². The topological polar surface area (TPSA) is 44.8 Å². The zero-order valence-electron chi connectivity index (χ0n) is 12.8. The Morgan fingerprint density at radius 1 is 1.26 bits per heavy atom. The summed E-state index contributed by atoms with van der Waals surface area (Å²) in [5.41, 5.74) is 0. The molecule has 1 heterocycles. The minimum Gasteiger partial charge on any atom is -0.383 e. The summed E-state index contributed by atoms with van der Waals surface area (Å²) in [6.45, 7) is 7.06. The summed E-state index contributed by atoms with van der Waals surface area (Å²) in [4.78, 5) is 16.7. The molecule has 2 unspecified atom stereocenters. The smallest absolute Gasteiger partial charge is 0.227 e. The van der Waals surface area contributed by atoms with Gasteiger partial charge in [0.15, 0.2) is 0 Å². The molecule has 19 heavy (non-hydrogen) atoms. The van der Waals surface area contributed by atoms with E-state index in [9.17, 15) is 4.79 Å². The maximum absolute atomic E-state index is 12.6. The minimum absolute atomic E-state index is 0.135. The van der Waals surface area contributed by atoms with Crippen LogP contribution in [-0.4, -0.2) is 76.2 Å². The normalized spacial score (nSPS) is 23.0. The monoisotopic (exact) mass is 271 g/mol. The van der Waals surface area contributed by atoms with E-state index in [1.54, 1.807) is 7.11 Å². The van der Waals surface area contributed by atoms with Gasteiger partial charge in [-0.25, -0.2) is 0 Å². The molecule has 1 fully saturated rings. The maximum atomic E-state index is 12.6. The molecule has 1 aliphatic rings. The fourth-order valence-electron chi connectivity index (χ4n) is 2.49. The Kier molecular flexibility index (Phi) is 7.34. The van der Waals surface area contributed by atoms with Gasteiger partial charge in [0, 0.05) is 26.7 Å². The van der Waals surface area contributed by atoms with Gasteiger partial charge in [0.2, 0.25) is 5.91 Å². The Bertz CT molecular complexity index is 271. The second-order valence-corrected chi connectivity index (χ2v) is 5.72. The molecule has 112 valence electrons. The van der Waals surface area contributed by atoms with Crippen LogP contribution in [0.5, 0.6) is 0 Å². The third-order valence-electron chi connectivity index (χ3n) is 3.75. The molecule has 1 amide bonds. The Morgan fingerprint density at radius 2 is 2.00 bits per heavy atom. The van der Waals surface area contributed by atoms with Gasteiger partial charge in [0.25, 0.3) is 0 Å². The first-order valence-electron chi connectivity index (χ1n) is 7.19. The van der Waals surface area contributed by atoms with Crippen LogP contribution < -0.4 is 5.32 Å². The Balaban J connectivity index is 2.48. The number of methoxy groups -OCH3 is 1. The van der Waals surface area contributed by atoms with Crippen molar-refractivity contribution < 1.29 is 9.53 Å². The summed E-state index contributed by atoms with van der Waals surface area (Å²) in [5, 5.41) is 3.30. The van der Waals surface area contributed by atoms with E-state index in [1.165, 1.54) is 0 Å². The first-order valence-corrected chi connectivity index (χ1v) is 7.19. The van der Waals surface area contributed by atoms with E-state index >= 15 is 0 Å². The summed E-state index contributed by atoms with van der Waals surface area (Å²) in [6.07, 6.45) is 1.01. The van der Waals surface area contributed by atoms with Crippen LogP contribution in [0, 0.1) is 11.8 Å². The van der Waals surface area contributed by atoms with Crippen LogP contribution in [0.4, 0.5) is 0 Å². The molecule has 0 saturated carbocycles. The van der Waals surface area contributed by atoms with E-state index in [4.69, 9.17) is 4.74 Å². The summed E-state index contributed by atoms with van der Waals surface area (Å²) in [5.74, 6) is 0.857. The van der Waals surface area contributed by atoms with Crippen molar-refractivity contribution in [2.75, 3.05) is 60.5 Å². The van der Waals surface area contributed by atoms with Crippen LogP contribution >= 0.6 is 0 Å². The number of ether oxygens (including phenoxy) is 1. The highest BCUT2D eigenvalue weighted by Gasteiger charge is 2.32. The summed E-state index contributed by atoms with van der Waals surface area (Å²) in [6, 6.07) is 0. The zero-order valence-corrected chi connectivity index (χ0v) is 12.8. The van der Waals surface area contributed by atoms with Gasteiger partial charge in [-0.3, -0.25) is 4.79 Å². The molecular weight excluding hydrogens is 242 g/mol. The van der Waals surface area contributed by atoms with Crippen LogP contribution in [0.15, 0.2) is 0 Å². The van der Waals surface area contributed by atoms with Crippen molar-refractivity contribution >= 4 is 5.91 Å². The molecule has 0 bridgehead atoms. The quantitative estimate of drug-likeness (QED) is 0.688.